The maximum atomic E-state index is 10.7. The molecule has 0 atom stereocenters. The third kappa shape index (κ3) is 3.17. The van der Waals surface area contributed by atoms with Crippen molar-refractivity contribution in [3.63, 3.8) is 0 Å². The molecule has 0 aliphatic carbocycles. The quantitative estimate of drug-likeness (QED) is 0.436. The predicted molar refractivity (Wildman–Crippen MR) is 39.7 cm³/mol. The van der Waals surface area contributed by atoms with Crippen LogP contribution in [0.5, 0.6) is 0 Å². The van der Waals surface area contributed by atoms with Gasteiger partial charge >= 0.3 is 0 Å². The van der Waals surface area contributed by atoms with Crippen LogP contribution < -0.4 is 0 Å². The van der Waals surface area contributed by atoms with Crippen molar-refractivity contribution in [1.82, 2.24) is 0 Å². The molecule has 0 radical (unpaired) electrons. The molecule has 0 saturated carbocycles. The van der Waals surface area contributed by atoms with Crippen LogP contribution in [-0.4, -0.2) is 12.1 Å². The minimum absolute atomic E-state index is 0.0860. The molecule has 0 aromatic carbocycles. The average Bonchev–Trinajstić information content (AvgIpc) is 1.87. The number of allylic oxidation sites excluding steroid dienone is 1. The van der Waals surface area contributed by atoms with Gasteiger partial charge in [-0.1, -0.05) is 20.4 Å². The second-order valence-electron chi connectivity index (χ2n) is 2.95. The van der Waals surface area contributed by atoms with Crippen molar-refractivity contribution in [2.45, 2.75) is 20.3 Å². The molecule has 0 aromatic rings. The van der Waals surface area contributed by atoms with Crippen LogP contribution in [-0.2, 0) is 9.59 Å². The van der Waals surface area contributed by atoms with Crippen LogP contribution >= 0.6 is 0 Å². The van der Waals surface area contributed by atoms with E-state index in [1.54, 1.807) is 13.8 Å². The number of ketones is 1. The Morgan fingerprint density at radius 1 is 1.60 bits per heavy atom. The fraction of sp³-hybridized carbons (Fsp3) is 0.500. The Labute approximate surface area is 60.9 Å². The Bertz CT molecular complexity index is 157. The highest BCUT2D eigenvalue weighted by atomic mass is 16.1. The fourth-order valence-electron chi connectivity index (χ4n) is 0.563. The summed E-state index contributed by atoms with van der Waals surface area (Å²) in [5.74, 6) is -0.0860. The van der Waals surface area contributed by atoms with E-state index in [9.17, 15) is 9.59 Å². The van der Waals surface area contributed by atoms with Gasteiger partial charge in [0.05, 0.1) is 0 Å². The highest BCUT2D eigenvalue weighted by Gasteiger charge is 2.18. The monoisotopic (exact) mass is 140 g/mol. The zero-order chi connectivity index (χ0) is 8.20. The summed E-state index contributed by atoms with van der Waals surface area (Å²) in [6, 6.07) is 0. The van der Waals surface area contributed by atoms with E-state index in [0.717, 1.165) is 6.29 Å². The minimum Gasteiger partial charge on any atom is -0.303 e. The van der Waals surface area contributed by atoms with Crippen LogP contribution in [0.3, 0.4) is 0 Å². The van der Waals surface area contributed by atoms with E-state index in [1.807, 2.05) is 0 Å². The van der Waals surface area contributed by atoms with Crippen molar-refractivity contribution in [3.05, 3.63) is 12.7 Å². The third-order valence-electron chi connectivity index (χ3n) is 1.18. The first-order valence-electron chi connectivity index (χ1n) is 3.13. The lowest BCUT2D eigenvalue weighted by Gasteiger charge is -2.12. The second kappa shape index (κ2) is 3.30. The zero-order valence-corrected chi connectivity index (χ0v) is 6.39. The van der Waals surface area contributed by atoms with Crippen molar-refractivity contribution < 1.29 is 9.59 Å². The van der Waals surface area contributed by atoms with Crippen LogP contribution in [0.2, 0.25) is 0 Å². The molecule has 0 aliphatic heterocycles. The summed E-state index contributed by atoms with van der Waals surface area (Å²) in [7, 11) is 0. The maximum Gasteiger partial charge on any atom is 0.156 e. The van der Waals surface area contributed by atoms with Crippen LogP contribution in [0.1, 0.15) is 20.3 Å². The summed E-state index contributed by atoms with van der Waals surface area (Å²) in [6.45, 7) is 6.76. The molecule has 10 heavy (non-hydrogen) atoms. The number of rotatable bonds is 4. The Balaban J connectivity index is 4.00. The molecule has 2 heteroatoms. The lowest BCUT2D eigenvalue weighted by molar-refractivity contribution is -0.122. The van der Waals surface area contributed by atoms with Crippen molar-refractivity contribution >= 4 is 12.1 Å². The van der Waals surface area contributed by atoms with E-state index in [4.69, 9.17) is 0 Å². The van der Waals surface area contributed by atoms with E-state index in [2.05, 4.69) is 6.58 Å². The normalized spacial score (nSPS) is 10.6. The Kier molecular flexibility index (Phi) is 3.00. The van der Waals surface area contributed by atoms with Gasteiger partial charge in [-0.2, -0.15) is 0 Å². The number of carbonyl (C=O) groups excluding carboxylic acids is 2. The number of hydrogen-bond acceptors (Lipinski definition) is 2. The molecule has 0 aromatic heterocycles. The SMILES string of the molecule is C=CC(=O)CC(C)(C)C=O. The van der Waals surface area contributed by atoms with E-state index in [1.165, 1.54) is 6.08 Å². The lowest BCUT2D eigenvalue weighted by Crippen LogP contribution is -2.16. The van der Waals surface area contributed by atoms with Gasteiger partial charge in [0.1, 0.15) is 6.29 Å². The number of aldehydes is 1. The molecule has 0 N–H and O–H groups in total. The zero-order valence-electron chi connectivity index (χ0n) is 6.39. The highest BCUT2D eigenvalue weighted by molar-refractivity contribution is 5.91. The third-order valence-corrected chi connectivity index (χ3v) is 1.18. The number of carbonyl (C=O) groups is 2. The first kappa shape index (κ1) is 9.08. The van der Waals surface area contributed by atoms with Crippen molar-refractivity contribution in [3.8, 4) is 0 Å². The van der Waals surface area contributed by atoms with Gasteiger partial charge in [0.25, 0.3) is 0 Å². The molecule has 0 unspecified atom stereocenters. The Hall–Kier alpha value is -0.920. The van der Waals surface area contributed by atoms with Crippen LogP contribution in [0, 0.1) is 5.41 Å². The van der Waals surface area contributed by atoms with Crippen molar-refractivity contribution in [1.29, 1.82) is 0 Å². The molecule has 0 bridgehead atoms. The van der Waals surface area contributed by atoms with Gasteiger partial charge in [0.15, 0.2) is 5.78 Å². The van der Waals surface area contributed by atoms with Crippen LogP contribution in [0.4, 0.5) is 0 Å². The summed E-state index contributed by atoms with van der Waals surface area (Å²) >= 11 is 0. The van der Waals surface area contributed by atoms with E-state index in [-0.39, 0.29) is 12.2 Å². The molecule has 0 aliphatic rings. The van der Waals surface area contributed by atoms with E-state index in [0.29, 0.717) is 0 Å². The first-order chi connectivity index (χ1) is 4.52. The molecule has 0 fully saturated rings. The molecule has 0 rings (SSSR count). The van der Waals surface area contributed by atoms with Crippen molar-refractivity contribution in [2.75, 3.05) is 0 Å². The smallest absolute Gasteiger partial charge is 0.156 e. The summed E-state index contributed by atoms with van der Waals surface area (Å²) in [6.07, 6.45) is 2.28. The highest BCUT2D eigenvalue weighted by Crippen LogP contribution is 2.16. The van der Waals surface area contributed by atoms with Gasteiger partial charge in [0.2, 0.25) is 0 Å². The van der Waals surface area contributed by atoms with E-state index >= 15 is 0 Å². The second-order valence-corrected chi connectivity index (χ2v) is 2.95. The fourth-order valence-corrected chi connectivity index (χ4v) is 0.563. The summed E-state index contributed by atoms with van der Waals surface area (Å²) in [5.41, 5.74) is -0.536. The molecular weight excluding hydrogens is 128 g/mol. The molecule has 56 valence electrons. The molecule has 0 spiro atoms. The average molecular weight is 140 g/mol. The summed E-state index contributed by atoms with van der Waals surface area (Å²) < 4.78 is 0. The van der Waals surface area contributed by atoms with Gasteiger partial charge in [0, 0.05) is 11.8 Å². The molecule has 0 heterocycles. The standard InChI is InChI=1S/C8H12O2/c1-4-7(10)5-8(2,3)6-9/h4,6H,1,5H2,2-3H3. The molecule has 0 saturated heterocycles. The molecule has 0 amide bonds. The predicted octanol–water partition coefficient (Wildman–Crippen LogP) is 1.36. The van der Waals surface area contributed by atoms with Gasteiger partial charge < -0.3 is 4.79 Å². The van der Waals surface area contributed by atoms with Gasteiger partial charge in [-0.25, -0.2) is 0 Å². The molecule has 2 nitrogen and oxygen atoms in total. The van der Waals surface area contributed by atoms with Crippen LogP contribution in [0.25, 0.3) is 0 Å². The van der Waals surface area contributed by atoms with Crippen molar-refractivity contribution in [2.24, 2.45) is 5.41 Å². The van der Waals surface area contributed by atoms with Gasteiger partial charge in [-0.15, -0.1) is 0 Å². The topological polar surface area (TPSA) is 34.1 Å². The Morgan fingerprint density at radius 3 is 2.40 bits per heavy atom. The lowest BCUT2D eigenvalue weighted by atomic mass is 9.89. The number of hydrogen-bond donors (Lipinski definition) is 0. The van der Waals surface area contributed by atoms with Gasteiger partial charge in [-0.05, 0) is 6.08 Å². The largest absolute Gasteiger partial charge is 0.303 e. The Morgan fingerprint density at radius 2 is 2.10 bits per heavy atom. The summed E-state index contributed by atoms with van der Waals surface area (Å²) in [5, 5.41) is 0. The molecular formula is C8H12O2. The first-order valence-corrected chi connectivity index (χ1v) is 3.13. The van der Waals surface area contributed by atoms with Crippen LogP contribution in [0.15, 0.2) is 12.7 Å². The van der Waals surface area contributed by atoms with Gasteiger partial charge in [-0.3, -0.25) is 4.79 Å². The van der Waals surface area contributed by atoms with E-state index < -0.39 is 5.41 Å². The minimum atomic E-state index is -0.536. The summed E-state index contributed by atoms with van der Waals surface area (Å²) in [4.78, 5) is 21.0. The maximum absolute atomic E-state index is 10.7.